The van der Waals surface area contributed by atoms with Gasteiger partial charge in [-0.25, -0.2) is 0 Å². The van der Waals surface area contributed by atoms with Crippen LogP contribution in [0.2, 0.25) is 0 Å². The summed E-state index contributed by atoms with van der Waals surface area (Å²) in [7, 11) is 0. The Bertz CT molecular complexity index is 353. The van der Waals surface area contributed by atoms with Crippen molar-refractivity contribution in [1.82, 2.24) is 0 Å². The van der Waals surface area contributed by atoms with Crippen LogP contribution in [0.5, 0.6) is 0 Å². The second kappa shape index (κ2) is 4.15. The van der Waals surface area contributed by atoms with Crippen molar-refractivity contribution in [3.63, 3.8) is 0 Å². The summed E-state index contributed by atoms with van der Waals surface area (Å²) in [5.74, 6) is 0. The molecule has 0 spiro atoms. The third-order valence-corrected chi connectivity index (χ3v) is 6.56. The number of hydrogen-bond acceptors (Lipinski definition) is 0. The zero-order chi connectivity index (χ0) is 9.10. The fraction of sp³-hybridized carbons (Fsp3) is 0.0909. The van der Waals surface area contributed by atoms with Crippen LogP contribution in [0.4, 0.5) is 0 Å². The average molecular weight is 252 g/mol. The maximum atomic E-state index is 3.30. The van der Waals surface area contributed by atoms with E-state index in [4.69, 9.17) is 0 Å². The predicted molar refractivity (Wildman–Crippen MR) is 60.8 cm³/mol. The van der Waals surface area contributed by atoms with E-state index in [1.54, 1.807) is 0 Å². The molecule has 1 aliphatic rings. The average Bonchev–Trinajstić information content (AvgIpc) is 2.71. The maximum absolute atomic E-state index is 3.30. The molecule has 0 radical (unpaired) electrons. The number of allylic oxidation sites excluding steroid dienone is 4. The van der Waals surface area contributed by atoms with Crippen molar-refractivity contribution in [2.24, 2.45) is 0 Å². The zero-order valence-corrected chi connectivity index (χ0v) is 9.74. The fourth-order valence-electron chi connectivity index (χ4n) is 1.32. The first-order valence-corrected chi connectivity index (χ1v) is 7.87. The van der Waals surface area contributed by atoms with Crippen LogP contribution in [0, 0.1) is 0 Å². The molecular formula is C11H10PSe+. The summed E-state index contributed by atoms with van der Waals surface area (Å²) in [4.78, 5) is 0. The summed E-state index contributed by atoms with van der Waals surface area (Å²) in [6, 6.07) is 10.7. The third-order valence-electron chi connectivity index (χ3n) is 2.01. The van der Waals surface area contributed by atoms with Gasteiger partial charge >= 0.3 is 86.9 Å². The normalized spacial score (nSPS) is 16.5. The van der Waals surface area contributed by atoms with Crippen LogP contribution in [0.1, 0.15) is 0 Å². The second-order valence-electron chi connectivity index (χ2n) is 2.92. The topological polar surface area (TPSA) is 0 Å². The Hall–Kier alpha value is -0.481. The number of benzene rings is 1. The molecule has 2 heteroatoms. The van der Waals surface area contributed by atoms with Crippen molar-refractivity contribution < 1.29 is 0 Å². The molecule has 0 amide bonds. The van der Waals surface area contributed by atoms with Gasteiger partial charge < -0.3 is 0 Å². The molecule has 1 aromatic carbocycles. The van der Waals surface area contributed by atoms with Gasteiger partial charge in [0, 0.05) is 0 Å². The first kappa shape index (κ1) is 9.09. The van der Waals surface area contributed by atoms with Gasteiger partial charge in [-0.2, -0.15) is 0 Å². The Balaban J connectivity index is 2.23. The van der Waals surface area contributed by atoms with E-state index in [1.165, 1.54) is 5.30 Å². The van der Waals surface area contributed by atoms with Crippen LogP contribution < -0.4 is 5.30 Å². The Morgan fingerprint density at radius 3 is 2.23 bits per heavy atom. The van der Waals surface area contributed by atoms with Crippen molar-refractivity contribution in [2.75, 3.05) is 0 Å². The first-order chi connectivity index (χ1) is 6.38. The summed E-state index contributed by atoms with van der Waals surface area (Å²) < 4.78 is 0. The van der Waals surface area contributed by atoms with Crippen LogP contribution in [-0.2, 0) is 0 Å². The van der Waals surface area contributed by atoms with Crippen molar-refractivity contribution in [3.05, 3.63) is 54.6 Å². The van der Waals surface area contributed by atoms with Crippen molar-refractivity contribution in [2.45, 2.75) is 5.66 Å². The van der Waals surface area contributed by atoms with E-state index in [2.05, 4.69) is 69.7 Å². The molecule has 0 aliphatic heterocycles. The van der Waals surface area contributed by atoms with Gasteiger partial charge in [0.1, 0.15) is 0 Å². The van der Waals surface area contributed by atoms with Gasteiger partial charge in [-0.05, 0) is 0 Å². The molecule has 1 atom stereocenters. The van der Waals surface area contributed by atoms with E-state index in [0.717, 1.165) is 0 Å². The molecule has 0 fully saturated rings. The van der Waals surface area contributed by atoms with Crippen molar-refractivity contribution in [3.8, 4) is 0 Å². The molecule has 0 saturated carbocycles. The van der Waals surface area contributed by atoms with Crippen LogP contribution >= 0.6 is 6.17 Å². The first-order valence-electron chi connectivity index (χ1n) is 4.24. The third kappa shape index (κ3) is 2.06. The zero-order valence-electron chi connectivity index (χ0n) is 7.13. The molecular weight excluding hydrogens is 242 g/mol. The van der Waals surface area contributed by atoms with E-state index in [0.29, 0.717) is 5.66 Å². The SMILES string of the molecule is [Se]=[P+](c1ccccc1)C1C=CC=C1. The van der Waals surface area contributed by atoms with Gasteiger partial charge in [-0.3, -0.25) is 0 Å². The fourth-order valence-corrected chi connectivity index (χ4v) is 4.30. The quantitative estimate of drug-likeness (QED) is 0.560. The minimum absolute atomic E-state index is 0.175. The number of rotatable bonds is 2. The van der Waals surface area contributed by atoms with E-state index >= 15 is 0 Å². The molecule has 0 aromatic heterocycles. The minimum atomic E-state index is -0.175. The van der Waals surface area contributed by atoms with Crippen molar-refractivity contribution >= 4 is 26.6 Å². The molecule has 64 valence electrons. The van der Waals surface area contributed by atoms with Gasteiger partial charge in [0.15, 0.2) is 0 Å². The van der Waals surface area contributed by atoms with Gasteiger partial charge in [0.05, 0.1) is 0 Å². The van der Waals surface area contributed by atoms with Gasteiger partial charge in [-0.1, -0.05) is 0 Å². The van der Waals surface area contributed by atoms with E-state index in [1.807, 2.05) is 0 Å². The van der Waals surface area contributed by atoms with Crippen LogP contribution in [0.3, 0.4) is 0 Å². The molecule has 1 aromatic rings. The van der Waals surface area contributed by atoms with Gasteiger partial charge in [0.25, 0.3) is 0 Å². The molecule has 0 N–H and O–H groups in total. The van der Waals surface area contributed by atoms with Crippen molar-refractivity contribution in [1.29, 1.82) is 0 Å². The molecule has 2 rings (SSSR count). The molecule has 0 heterocycles. The Morgan fingerprint density at radius 2 is 1.62 bits per heavy atom. The summed E-state index contributed by atoms with van der Waals surface area (Å²) in [6.07, 6.45) is 8.59. The summed E-state index contributed by atoms with van der Waals surface area (Å²) in [6.45, 7) is 0. The monoisotopic (exact) mass is 253 g/mol. The molecule has 13 heavy (non-hydrogen) atoms. The molecule has 0 saturated heterocycles. The molecule has 0 nitrogen and oxygen atoms in total. The molecule has 0 bridgehead atoms. The van der Waals surface area contributed by atoms with E-state index in [9.17, 15) is 0 Å². The Labute approximate surface area is 87.0 Å². The Kier molecular flexibility index (Phi) is 2.90. The summed E-state index contributed by atoms with van der Waals surface area (Å²) in [5.41, 5.74) is 0.595. The second-order valence-corrected chi connectivity index (χ2v) is 7.16. The van der Waals surface area contributed by atoms with Crippen LogP contribution in [-0.4, -0.2) is 20.8 Å². The summed E-state index contributed by atoms with van der Waals surface area (Å²) in [5, 5.41) is 1.43. The van der Waals surface area contributed by atoms with Crippen LogP contribution in [0.25, 0.3) is 0 Å². The van der Waals surface area contributed by atoms with Crippen LogP contribution in [0.15, 0.2) is 54.6 Å². The number of hydrogen-bond donors (Lipinski definition) is 0. The molecule has 1 aliphatic carbocycles. The van der Waals surface area contributed by atoms with E-state index in [-0.39, 0.29) is 6.17 Å². The van der Waals surface area contributed by atoms with Gasteiger partial charge in [0.2, 0.25) is 0 Å². The van der Waals surface area contributed by atoms with E-state index < -0.39 is 0 Å². The standard InChI is InChI=1S/C11H10PSe/c13-12(11-8-4-5-9-11)10-6-2-1-3-7-10/h1-9,11H/q+1. The van der Waals surface area contributed by atoms with Gasteiger partial charge in [-0.15, -0.1) is 0 Å². The molecule has 1 unspecified atom stereocenters. The predicted octanol–water partition coefficient (Wildman–Crippen LogP) is 2.37. The summed E-state index contributed by atoms with van der Waals surface area (Å²) >= 11 is 3.30. The Morgan fingerprint density at radius 1 is 1.00 bits per heavy atom.